The maximum Gasteiger partial charge on any atom is 0.305 e. The monoisotopic (exact) mass is 752 g/mol. The highest BCUT2D eigenvalue weighted by atomic mass is 35.5. The van der Waals surface area contributed by atoms with Gasteiger partial charge in [-0.1, -0.05) is 29.0 Å². The van der Waals surface area contributed by atoms with E-state index in [-0.39, 0.29) is 57.1 Å². The summed E-state index contributed by atoms with van der Waals surface area (Å²) in [6, 6.07) is 17.6. The van der Waals surface area contributed by atoms with E-state index < -0.39 is 27.8 Å². The Bertz CT molecular complexity index is 2220. The second-order valence-electron chi connectivity index (χ2n) is 12.8. The van der Waals surface area contributed by atoms with Crippen LogP contribution in [0.15, 0.2) is 81.4 Å². The number of hydrogen-bond donors (Lipinski definition) is 3. The van der Waals surface area contributed by atoms with Gasteiger partial charge in [0.15, 0.2) is 18.1 Å². The molecule has 2 saturated carbocycles. The van der Waals surface area contributed by atoms with Crippen LogP contribution in [0.25, 0.3) is 0 Å². The number of aromatic nitrogens is 1. The first-order valence-electron chi connectivity index (χ1n) is 15.7. The highest BCUT2D eigenvalue weighted by molar-refractivity contribution is 8.00. The maximum absolute atomic E-state index is 14.0. The summed E-state index contributed by atoms with van der Waals surface area (Å²) in [6.45, 7) is -0.353. The van der Waals surface area contributed by atoms with E-state index in [0.717, 1.165) is 33.2 Å². The molecule has 2 bridgehead atoms. The molecule has 7 atom stereocenters. The molecule has 3 fully saturated rings. The number of methoxy groups -OCH3 is 1. The Balaban J connectivity index is 1.06. The van der Waals surface area contributed by atoms with E-state index >= 15 is 0 Å². The molecule has 16 heteroatoms. The van der Waals surface area contributed by atoms with Crippen molar-refractivity contribution in [3.05, 3.63) is 91.9 Å². The van der Waals surface area contributed by atoms with Crippen LogP contribution in [-0.2, 0) is 24.4 Å². The van der Waals surface area contributed by atoms with Gasteiger partial charge < -0.3 is 19.8 Å². The minimum atomic E-state index is -3.86. The number of thioether (sulfide) groups is 1. The van der Waals surface area contributed by atoms with Crippen LogP contribution in [0.3, 0.4) is 0 Å². The lowest BCUT2D eigenvalue weighted by Crippen LogP contribution is -2.42. The van der Waals surface area contributed by atoms with Crippen molar-refractivity contribution in [3.8, 4) is 11.5 Å². The van der Waals surface area contributed by atoms with Crippen molar-refractivity contribution < 1.29 is 32.3 Å². The topological polar surface area (TPSA) is 178 Å². The van der Waals surface area contributed by atoms with Crippen LogP contribution in [0, 0.1) is 29.6 Å². The number of hydrogen-bond acceptors (Lipinski definition) is 10. The van der Waals surface area contributed by atoms with Crippen molar-refractivity contribution in [2.45, 2.75) is 27.5 Å². The third-order valence-electron chi connectivity index (χ3n) is 10.2. The van der Waals surface area contributed by atoms with Gasteiger partial charge in [0.2, 0.25) is 21.8 Å². The Morgan fingerprint density at radius 3 is 2.38 bits per heavy atom. The molecule has 258 valence electrons. The van der Waals surface area contributed by atoms with Crippen LogP contribution in [-0.4, -0.2) is 50.1 Å². The Kier molecular flexibility index (Phi) is 8.10. The number of H-pyrrole nitrogens is 1. The Morgan fingerprint density at radius 1 is 1.00 bits per heavy atom. The Hall–Kier alpha value is -4.15. The van der Waals surface area contributed by atoms with Crippen molar-refractivity contribution in [2.75, 3.05) is 23.9 Å². The number of benzene rings is 3. The molecular formula is C34H29ClN4O8S3. The second-order valence-corrected chi connectivity index (χ2v) is 17.0. The second kappa shape index (κ2) is 12.3. The lowest BCUT2D eigenvalue weighted by atomic mass is 9.68. The van der Waals surface area contributed by atoms with Crippen molar-refractivity contribution in [1.29, 1.82) is 0 Å². The minimum absolute atomic E-state index is 0.00978. The summed E-state index contributed by atoms with van der Waals surface area (Å²) in [7, 11) is -2.37. The first-order valence-corrected chi connectivity index (χ1v) is 19.3. The number of halogens is 1. The number of carbonyl (C=O) groups is 3. The van der Waals surface area contributed by atoms with Crippen LogP contribution >= 0.6 is 34.7 Å². The number of anilines is 2. The summed E-state index contributed by atoms with van der Waals surface area (Å²) >= 11 is 8.85. The number of primary sulfonamides is 1. The van der Waals surface area contributed by atoms with E-state index in [1.54, 1.807) is 42.1 Å². The molecule has 2 aliphatic heterocycles. The fraction of sp³-hybridized carbons (Fsp3) is 0.294. The number of aromatic amines is 1. The minimum Gasteiger partial charge on any atom is -0.493 e. The molecular weight excluding hydrogens is 724 g/mol. The molecule has 4 unspecified atom stereocenters. The third kappa shape index (κ3) is 5.42. The molecule has 1 aromatic heterocycles. The molecule has 12 nitrogen and oxygen atoms in total. The molecule has 0 spiro atoms. The predicted octanol–water partition coefficient (Wildman–Crippen LogP) is 4.44. The van der Waals surface area contributed by atoms with Gasteiger partial charge in [-0.25, -0.2) is 13.6 Å². The zero-order valence-corrected chi connectivity index (χ0v) is 29.4. The summed E-state index contributed by atoms with van der Waals surface area (Å²) in [6.07, 6.45) is 0.748. The lowest BCUT2D eigenvalue weighted by molar-refractivity contribution is -0.123. The van der Waals surface area contributed by atoms with Gasteiger partial charge >= 0.3 is 4.87 Å². The van der Waals surface area contributed by atoms with E-state index in [0.29, 0.717) is 27.9 Å². The number of imide groups is 1. The normalized spacial score (nSPS) is 26.4. The predicted molar refractivity (Wildman–Crippen MR) is 187 cm³/mol. The Morgan fingerprint density at radius 2 is 1.70 bits per heavy atom. The van der Waals surface area contributed by atoms with Crippen LogP contribution in [0.4, 0.5) is 11.4 Å². The number of nitrogens with one attached hydrogen (secondary N) is 2. The molecule has 2 aliphatic carbocycles. The molecule has 3 aromatic carbocycles. The van der Waals surface area contributed by atoms with Crippen molar-refractivity contribution in [2.24, 2.45) is 34.7 Å². The van der Waals surface area contributed by atoms with E-state index in [4.69, 9.17) is 26.2 Å². The molecule has 4 aliphatic rings. The van der Waals surface area contributed by atoms with Gasteiger partial charge in [-0.3, -0.25) is 24.1 Å². The van der Waals surface area contributed by atoms with Crippen molar-refractivity contribution in [3.63, 3.8) is 0 Å². The summed E-state index contributed by atoms with van der Waals surface area (Å²) in [4.78, 5) is 58.2. The quantitative estimate of drug-likeness (QED) is 0.220. The van der Waals surface area contributed by atoms with Crippen LogP contribution in [0.5, 0.6) is 11.5 Å². The zero-order valence-electron chi connectivity index (χ0n) is 26.2. The first-order chi connectivity index (χ1) is 23.9. The molecule has 4 N–H and O–H groups in total. The maximum atomic E-state index is 14.0. The fourth-order valence-corrected chi connectivity index (χ4v) is 11.8. The smallest absolute Gasteiger partial charge is 0.305 e. The number of ether oxygens (including phenoxy) is 2. The molecule has 4 aromatic rings. The first kappa shape index (κ1) is 33.0. The zero-order chi connectivity index (χ0) is 35.1. The van der Waals surface area contributed by atoms with Gasteiger partial charge in [-0.15, -0.1) is 11.8 Å². The van der Waals surface area contributed by atoms with Gasteiger partial charge in [-0.05, 0) is 90.4 Å². The van der Waals surface area contributed by atoms with E-state index in [1.165, 1.54) is 36.3 Å². The molecule has 50 heavy (non-hydrogen) atoms. The highest BCUT2D eigenvalue weighted by Crippen LogP contribution is 2.68. The summed E-state index contributed by atoms with van der Waals surface area (Å²) in [5.41, 5.74) is 1.75. The standard InChI is InChI=1S/C34H29ClN4O8S3/c1-46-23-12-15(2-11-22(23)47-14-24(40)37-17-5-9-19(10-6-17)50(36,44)45)25-26-20-13-21(29(26)48-31-30(25)49-34(43)38-31)28-27(20)32(41)39(33(28)42)18-7-3-16(35)4-8-18/h2-12,20-21,25-29H,13-14H2,1H3,(H,37,40)(H,38,43)(H2,36,44,45)/t20-,21-,25-,26?,27?,28?,29?/m1/s1. The number of thiazole rings is 1. The number of sulfonamides is 1. The summed E-state index contributed by atoms with van der Waals surface area (Å²) in [5.74, 6) is -1.39. The molecule has 3 amide bonds. The molecule has 1 saturated heterocycles. The van der Waals surface area contributed by atoms with Gasteiger partial charge in [0.05, 0.1) is 34.6 Å². The summed E-state index contributed by atoms with van der Waals surface area (Å²) in [5, 5.41) is 9.10. The van der Waals surface area contributed by atoms with E-state index in [2.05, 4.69) is 10.3 Å². The number of amides is 3. The van der Waals surface area contributed by atoms with Gasteiger partial charge in [0.25, 0.3) is 5.91 Å². The molecule has 0 radical (unpaired) electrons. The SMILES string of the molecule is COc1cc([C@H]2c3sc(=O)[nH]c3SC3C2[C@H]2C[C@@H]3C3C(=O)N(c4ccc(Cl)cc4)C(=O)C32)ccc1OCC(=O)Nc1ccc(S(N)(=O)=O)cc1. The number of carbonyl (C=O) groups excluding carboxylic acids is 3. The van der Waals surface area contributed by atoms with E-state index in [9.17, 15) is 27.6 Å². The lowest BCUT2D eigenvalue weighted by Gasteiger charge is -2.43. The van der Waals surface area contributed by atoms with Crippen LogP contribution in [0.2, 0.25) is 5.02 Å². The number of nitrogens with zero attached hydrogens (tertiary/aromatic N) is 1. The number of fused-ring (bicyclic) bond motifs is 9. The van der Waals surface area contributed by atoms with E-state index in [1.807, 2.05) is 12.1 Å². The summed E-state index contributed by atoms with van der Waals surface area (Å²) < 4.78 is 34.5. The average molecular weight is 753 g/mol. The number of rotatable bonds is 8. The van der Waals surface area contributed by atoms with Gasteiger partial charge in [0, 0.05) is 26.8 Å². The molecule has 8 rings (SSSR count). The van der Waals surface area contributed by atoms with Crippen LogP contribution in [0.1, 0.15) is 22.8 Å². The fourth-order valence-electron chi connectivity index (χ4n) is 8.30. The average Bonchev–Trinajstić information content (AvgIpc) is 3.83. The highest BCUT2D eigenvalue weighted by Gasteiger charge is 2.69. The Labute approximate surface area is 299 Å². The van der Waals surface area contributed by atoms with Crippen molar-refractivity contribution >= 4 is 73.8 Å². The third-order valence-corrected chi connectivity index (χ3v) is 14.0. The van der Waals surface area contributed by atoms with Gasteiger partial charge in [-0.2, -0.15) is 0 Å². The largest absolute Gasteiger partial charge is 0.493 e. The van der Waals surface area contributed by atoms with Crippen molar-refractivity contribution in [1.82, 2.24) is 4.98 Å². The molecule has 3 heterocycles. The number of nitrogens with two attached hydrogens (primary N) is 1. The van der Waals surface area contributed by atoms with Crippen LogP contribution < -0.4 is 29.7 Å². The van der Waals surface area contributed by atoms with Gasteiger partial charge in [0.1, 0.15) is 0 Å².